The minimum Gasteiger partial charge on any atom is -0.292 e. The molecule has 0 N–H and O–H groups in total. The summed E-state index contributed by atoms with van der Waals surface area (Å²) in [5.41, 5.74) is 1.30. The van der Waals surface area contributed by atoms with Crippen LogP contribution in [-0.2, 0) is 4.79 Å². The Bertz CT molecular complexity index is 911. The van der Waals surface area contributed by atoms with Crippen LogP contribution in [0.3, 0.4) is 0 Å². The van der Waals surface area contributed by atoms with E-state index in [0.717, 1.165) is 12.8 Å². The minimum atomic E-state index is -0.488. The van der Waals surface area contributed by atoms with Crippen molar-refractivity contribution in [2.75, 3.05) is 7.05 Å². The minimum absolute atomic E-state index is 0.124. The van der Waals surface area contributed by atoms with E-state index in [1.54, 1.807) is 12.1 Å². The van der Waals surface area contributed by atoms with Crippen molar-refractivity contribution in [1.82, 2.24) is 4.90 Å². The van der Waals surface area contributed by atoms with Gasteiger partial charge in [0.05, 0.1) is 10.0 Å². The number of nitrogens with zero attached hydrogens (tertiary/aromatic N) is 1. The Hall–Kier alpha value is -2.01. The summed E-state index contributed by atoms with van der Waals surface area (Å²) in [6.45, 7) is 0. The molecule has 2 nitrogen and oxygen atoms in total. The summed E-state index contributed by atoms with van der Waals surface area (Å²) in [5, 5.41) is 0.483. The van der Waals surface area contributed by atoms with Crippen molar-refractivity contribution in [3.8, 4) is 0 Å². The van der Waals surface area contributed by atoms with E-state index in [0.29, 0.717) is 11.1 Å². The molecule has 0 saturated carbocycles. The van der Waals surface area contributed by atoms with Gasteiger partial charge in [-0.25, -0.2) is 8.78 Å². The van der Waals surface area contributed by atoms with Crippen LogP contribution in [0.15, 0.2) is 47.5 Å². The highest BCUT2D eigenvalue weighted by atomic mass is 35.5. The van der Waals surface area contributed by atoms with Gasteiger partial charge in [-0.05, 0) is 56.3 Å². The first-order chi connectivity index (χ1) is 13.4. The molecule has 2 atom stereocenters. The molecular formula is C22H17Cl2F2NO. The summed E-state index contributed by atoms with van der Waals surface area (Å²) in [4.78, 5) is 15.4. The fourth-order valence-corrected chi connectivity index (χ4v) is 4.53. The molecule has 2 saturated heterocycles. The number of likely N-dealkylation sites (N-methyl/N-ethyl adjacent to an activating group) is 1. The van der Waals surface area contributed by atoms with E-state index in [1.165, 1.54) is 36.4 Å². The molecule has 2 heterocycles. The Balaban J connectivity index is 1.86. The highest BCUT2D eigenvalue weighted by molar-refractivity contribution is 6.33. The number of ketones is 1. The average molecular weight is 420 g/mol. The molecule has 144 valence electrons. The predicted octanol–water partition coefficient (Wildman–Crippen LogP) is 5.78. The maximum atomic E-state index is 14.3. The lowest BCUT2D eigenvalue weighted by atomic mass is 9.88. The molecule has 2 aromatic rings. The second kappa shape index (κ2) is 7.43. The molecule has 2 unspecified atom stereocenters. The van der Waals surface area contributed by atoms with Crippen LogP contribution in [0.5, 0.6) is 0 Å². The lowest BCUT2D eigenvalue weighted by molar-refractivity contribution is -0.114. The normalized spacial score (nSPS) is 25.1. The lowest BCUT2D eigenvalue weighted by Crippen LogP contribution is -2.43. The molecule has 0 aliphatic carbocycles. The zero-order valence-electron chi connectivity index (χ0n) is 15.1. The molecule has 6 heteroatoms. The van der Waals surface area contributed by atoms with E-state index >= 15 is 0 Å². The van der Waals surface area contributed by atoms with Gasteiger partial charge >= 0.3 is 0 Å². The number of halogens is 4. The highest BCUT2D eigenvalue weighted by Crippen LogP contribution is 2.41. The van der Waals surface area contributed by atoms with Crippen molar-refractivity contribution in [3.05, 3.63) is 80.4 Å². The number of hydrogen-bond donors (Lipinski definition) is 0. The van der Waals surface area contributed by atoms with Gasteiger partial charge in [0.1, 0.15) is 11.6 Å². The smallest absolute Gasteiger partial charge is 0.188 e. The van der Waals surface area contributed by atoms with E-state index in [4.69, 9.17) is 23.2 Å². The topological polar surface area (TPSA) is 20.3 Å². The van der Waals surface area contributed by atoms with Crippen LogP contribution in [-0.4, -0.2) is 29.8 Å². The Kier molecular flexibility index (Phi) is 5.13. The van der Waals surface area contributed by atoms with Crippen LogP contribution >= 0.6 is 23.2 Å². The van der Waals surface area contributed by atoms with Crippen LogP contribution in [0.1, 0.15) is 24.0 Å². The molecule has 2 fully saturated rings. The summed E-state index contributed by atoms with van der Waals surface area (Å²) in [5.74, 6) is -1.19. The summed E-state index contributed by atoms with van der Waals surface area (Å²) in [7, 11) is 1.92. The van der Waals surface area contributed by atoms with Crippen LogP contribution < -0.4 is 0 Å². The monoisotopic (exact) mass is 419 g/mol. The number of piperidine rings is 1. The fraction of sp³-hybridized carbons (Fsp3) is 0.227. The van der Waals surface area contributed by atoms with Gasteiger partial charge in [-0.1, -0.05) is 35.3 Å². The number of fused-ring (bicyclic) bond motifs is 2. The van der Waals surface area contributed by atoms with Gasteiger partial charge in [0.2, 0.25) is 0 Å². The summed E-state index contributed by atoms with van der Waals surface area (Å²) in [6, 6.07) is 8.58. The Morgan fingerprint density at radius 3 is 1.71 bits per heavy atom. The first-order valence-electron chi connectivity index (χ1n) is 8.96. The molecule has 0 radical (unpaired) electrons. The van der Waals surface area contributed by atoms with Crippen molar-refractivity contribution >= 4 is 41.1 Å². The quantitative estimate of drug-likeness (QED) is 0.574. The van der Waals surface area contributed by atoms with Crippen molar-refractivity contribution in [2.45, 2.75) is 24.9 Å². The van der Waals surface area contributed by atoms with E-state index in [9.17, 15) is 13.6 Å². The molecule has 2 aliphatic heterocycles. The van der Waals surface area contributed by atoms with Crippen LogP contribution in [0, 0.1) is 11.6 Å². The summed E-state index contributed by atoms with van der Waals surface area (Å²) in [6.07, 6.45) is 4.57. The Morgan fingerprint density at radius 2 is 1.32 bits per heavy atom. The van der Waals surface area contributed by atoms with E-state index < -0.39 is 11.6 Å². The van der Waals surface area contributed by atoms with E-state index in [2.05, 4.69) is 4.90 Å². The van der Waals surface area contributed by atoms with Crippen LogP contribution in [0.4, 0.5) is 8.78 Å². The second-order valence-electron chi connectivity index (χ2n) is 7.07. The average Bonchev–Trinajstić information content (AvgIpc) is 2.95. The lowest BCUT2D eigenvalue weighted by Gasteiger charge is -2.34. The van der Waals surface area contributed by atoms with Crippen LogP contribution in [0.25, 0.3) is 12.2 Å². The molecule has 2 bridgehead atoms. The Labute approximate surface area is 172 Å². The predicted molar refractivity (Wildman–Crippen MR) is 108 cm³/mol. The van der Waals surface area contributed by atoms with Crippen molar-refractivity contribution in [2.24, 2.45) is 0 Å². The second-order valence-corrected chi connectivity index (χ2v) is 7.89. The van der Waals surface area contributed by atoms with Gasteiger partial charge in [-0.3, -0.25) is 9.69 Å². The van der Waals surface area contributed by atoms with Crippen molar-refractivity contribution < 1.29 is 13.6 Å². The number of rotatable bonds is 2. The molecule has 0 amide bonds. The third-order valence-electron chi connectivity index (χ3n) is 5.54. The summed E-state index contributed by atoms with van der Waals surface area (Å²) >= 11 is 12.3. The molecule has 4 rings (SSSR count). The number of hydrogen-bond acceptors (Lipinski definition) is 2. The van der Waals surface area contributed by atoms with Gasteiger partial charge in [-0.15, -0.1) is 0 Å². The first kappa shape index (κ1) is 19.3. The zero-order chi connectivity index (χ0) is 20.0. The standard InChI is InChI=1S/C22H17Cl2F2NO/c1-27-20-8-9-21(27)15(11-13-17(24)5-3-7-19(13)26)22(28)14(20)10-12-16(23)4-2-6-18(12)25/h2-7,10-11,20-21H,8-9H2,1H3. The SMILES string of the molecule is CN1C2CCC1C(=Cc1c(F)cccc1Cl)C(=O)C2=Cc1c(F)cccc1Cl. The molecular weight excluding hydrogens is 403 g/mol. The number of benzene rings is 2. The maximum Gasteiger partial charge on any atom is 0.188 e. The van der Waals surface area contributed by atoms with Crippen molar-refractivity contribution in [1.29, 1.82) is 0 Å². The molecule has 2 aliphatic rings. The number of carbonyl (C=O) groups excluding carboxylic acids is 1. The van der Waals surface area contributed by atoms with E-state index in [-0.39, 0.29) is 39.0 Å². The number of Topliss-reactive ketones (excluding diaryl/α,β-unsaturated/α-hetero) is 1. The fourth-order valence-electron chi connectivity index (χ4n) is 4.09. The largest absolute Gasteiger partial charge is 0.292 e. The van der Waals surface area contributed by atoms with Gasteiger partial charge < -0.3 is 0 Å². The molecule has 2 aromatic carbocycles. The van der Waals surface area contributed by atoms with Gasteiger partial charge in [0.25, 0.3) is 0 Å². The third kappa shape index (κ3) is 3.20. The molecule has 0 spiro atoms. The highest BCUT2D eigenvalue weighted by Gasteiger charge is 2.44. The Morgan fingerprint density at radius 1 is 0.893 bits per heavy atom. The molecule has 28 heavy (non-hydrogen) atoms. The zero-order valence-corrected chi connectivity index (χ0v) is 16.6. The van der Waals surface area contributed by atoms with E-state index in [1.807, 2.05) is 7.05 Å². The van der Waals surface area contributed by atoms with Gasteiger partial charge in [0.15, 0.2) is 5.78 Å². The first-order valence-corrected chi connectivity index (χ1v) is 9.72. The molecule has 0 aromatic heterocycles. The number of carbonyl (C=O) groups is 1. The van der Waals surface area contributed by atoms with Crippen molar-refractivity contribution in [3.63, 3.8) is 0 Å². The van der Waals surface area contributed by atoms with Gasteiger partial charge in [-0.2, -0.15) is 0 Å². The van der Waals surface area contributed by atoms with Gasteiger partial charge in [0, 0.05) is 34.4 Å². The maximum absolute atomic E-state index is 14.3. The summed E-state index contributed by atoms with van der Waals surface area (Å²) < 4.78 is 28.6. The third-order valence-corrected chi connectivity index (χ3v) is 6.20. The van der Waals surface area contributed by atoms with Crippen LogP contribution in [0.2, 0.25) is 10.0 Å².